The maximum Gasteiger partial charge on any atom is 0.331 e. The van der Waals surface area contributed by atoms with E-state index < -0.39 is 5.97 Å². The number of nitrogens with zero attached hydrogens (tertiary/aromatic N) is 2. The number of pyridine rings is 1. The first kappa shape index (κ1) is 18.2. The van der Waals surface area contributed by atoms with Crippen LogP contribution in [0.1, 0.15) is 16.8 Å². The molecule has 1 aromatic carbocycles. The Bertz CT molecular complexity index is 1070. The van der Waals surface area contributed by atoms with Crippen molar-refractivity contribution in [1.82, 2.24) is 9.38 Å². The fourth-order valence-electron chi connectivity index (χ4n) is 2.37. The van der Waals surface area contributed by atoms with Crippen molar-refractivity contribution < 1.29 is 9.53 Å². The number of rotatable bonds is 4. The Morgan fingerprint density at radius 3 is 2.85 bits per heavy atom. The van der Waals surface area contributed by atoms with Crippen LogP contribution in [0.5, 0.6) is 0 Å². The third-order valence-electron chi connectivity index (χ3n) is 3.66. The van der Waals surface area contributed by atoms with Crippen molar-refractivity contribution >= 4 is 40.9 Å². The minimum Gasteiger partial charge on any atom is -0.456 e. The molecule has 0 saturated carbocycles. The van der Waals surface area contributed by atoms with E-state index in [1.807, 2.05) is 13.0 Å². The molecule has 0 unspecified atom stereocenters. The highest BCUT2D eigenvalue weighted by Crippen LogP contribution is 2.22. The van der Waals surface area contributed by atoms with Gasteiger partial charge in [0, 0.05) is 28.4 Å². The summed E-state index contributed by atoms with van der Waals surface area (Å²) in [6, 6.07) is 9.94. The highest BCUT2D eigenvalue weighted by molar-refractivity contribution is 6.35. The molecule has 0 aliphatic rings. The van der Waals surface area contributed by atoms with E-state index >= 15 is 0 Å². The van der Waals surface area contributed by atoms with Crippen LogP contribution in [0, 0.1) is 6.92 Å². The lowest BCUT2D eigenvalue weighted by Gasteiger charge is -2.06. The van der Waals surface area contributed by atoms with E-state index in [0.29, 0.717) is 26.9 Å². The molecule has 0 amide bonds. The van der Waals surface area contributed by atoms with Gasteiger partial charge in [-0.15, -0.1) is 0 Å². The van der Waals surface area contributed by atoms with Crippen molar-refractivity contribution in [3.63, 3.8) is 0 Å². The predicted octanol–water partition coefficient (Wildman–Crippen LogP) is 4.07. The van der Waals surface area contributed by atoms with Gasteiger partial charge in [0.05, 0.1) is 5.69 Å². The molecule has 3 rings (SSSR count). The fourth-order valence-corrected chi connectivity index (χ4v) is 2.84. The Kier molecular flexibility index (Phi) is 5.40. The van der Waals surface area contributed by atoms with Gasteiger partial charge in [-0.25, -0.2) is 9.78 Å². The lowest BCUT2D eigenvalue weighted by atomic mass is 10.2. The Labute approximate surface area is 159 Å². The molecular weight excluding hydrogens is 375 g/mol. The topological polar surface area (TPSA) is 60.7 Å². The van der Waals surface area contributed by atoms with Crippen LogP contribution in [0.2, 0.25) is 10.0 Å². The molecule has 5 nitrogen and oxygen atoms in total. The van der Waals surface area contributed by atoms with Crippen molar-refractivity contribution in [3.05, 3.63) is 85.9 Å². The number of benzene rings is 1. The van der Waals surface area contributed by atoms with Crippen LogP contribution in [0.15, 0.2) is 53.5 Å². The number of aromatic nitrogens is 2. The monoisotopic (exact) mass is 388 g/mol. The van der Waals surface area contributed by atoms with Crippen LogP contribution >= 0.6 is 23.2 Å². The predicted molar refractivity (Wildman–Crippen MR) is 101 cm³/mol. The van der Waals surface area contributed by atoms with Gasteiger partial charge in [0.25, 0.3) is 5.56 Å². The number of fused-ring (bicyclic) bond motifs is 1. The molecular formula is C19H14Cl2N2O3. The zero-order chi connectivity index (χ0) is 18.7. The van der Waals surface area contributed by atoms with Gasteiger partial charge in [0.15, 0.2) is 0 Å². The molecule has 7 heteroatoms. The lowest BCUT2D eigenvalue weighted by Crippen LogP contribution is -2.17. The molecule has 0 saturated heterocycles. The molecule has 0 atom stereocenters. The molecule has 0 aliphatic heterocycles. The van der Waals surface area contributed by atoms with Gasteiger partial charge < -0.3 is 4.74 Å². The average Bonchev–Trinajstić information content (AvgIpc) is 2.60. The fraction of sp³-hybridized carbons (Fsp3) is 0.105. The van der Waals surface area contributed by atoms with E-state index in [1.54, 1.807) is 30.5 Å². The van der Waals surface area contributed by atoms with Crippen LogP contribution in [0.3, 0.4) is 0 Å². The highest BCUT2D eigenvalue weighted by atomic mass is 35.5. The first-order chi connectivity index (χ1) is 12.4. The number of esters is 1. The van der Waals surface area contributed by atoms with Gasteiger partial charge >= 0.3 is 5.97 Å². The third kappa shape index (κ3) is 4.12. The minimum atomic E-state index is -0.567. The van der Waals surface area contributed by atoms with Crippen LogP contribution in [-0.2, 0) is 16.1 Å². The molecule has 26 heavy (non-hydrogen) atoms. The van der Waals surface area contributed by atoms with E-state index in [9.17, 15) is 9.59 Å². The summed E-state index contributed by atoms with van der Waals surface area (Å²) < 4.78 is 6.60. The summed E-state index contributed by atoms with van der Waals surface area (Å²) >= 11 is 11.9. The number of carbonyl (C=O) groups is 1. The molecule has 132 valence electrons. The first-order valence-electron chi connectivity index (χ1n) is 7.72. The molecule has 2 aromatic heterocycles. The highest BCUT2D eigenvalue weighted by Gasteiger charge is 2.07. The standard InChI is InChI=1S/C19H14Cl2N2O3/c1-12-3-2-8-23-17(24)10-15(22-19(12)23)11-26-18(25)7-5-13-4-6-14(20)9-16(13)21/h2-10H,11H2,1H3/b7-5+. The maximum atomic E-state index is 12.1. The third-order valence-corrected chi connectivity index (χ3v) is 4.23. The largest absolute Gasteiger partial charge is 0.456 e. The summed E-state index contributed by atoms with van der Waals surface area (Å²) in [5.41, 5.74) is 2.19. The molecule has 0 bridgehead atoms. The van der Waals surface area contributed by atoms with Crippen LogP contribution in [-0.4, -0.2) is 15.4 Å². The number of halogens is 2. The first-order valence-corrected chi connectivity index (χ1v) is 8.47. The number of hydrogen-bond donors (Lipinski definition) is 0. The van der Waals surface area contributed by atoms with E-state index in [2.05, 4.69) is 4.98 Å². The van der Waals surface area contributed by atoms with E-state index in [0.717, 1.165) is 5.56 Å². The van der Waals surface area contributed by atoms with Crippen molar-refractivity contribution in [2.45, 2.75) is 13.5 Å². The SMILES string of the molecule is Cc1cccn2c(=O)cc(COC(=O)/C=C/c3ccc(Cl)cc3Cl)nc12. The molecule has 0 fully saturated rings. The second-order valence-corrected chi connectivity index (χ2v) is 6.42. The minimum absolute atomic E-state index is 0.0996. The Morgan fingerprint density at radius 1 is 1.27 bits per heavy atom. The molecule has 3 aromatic rings. The van der Waals surface area contributed by atoms with Crippen molar-refractivity contribution in [2.75, 3.05) is 0 Å². The summed E-state index contributed by atoms with van der Waals surface area (Å²) in [5.74, 6) is -0.567. The van der Waals surface area contributed by atoms with Crippen molar-refractivity contribution in [2.24, 2.45) is 0 Å². The summed E-state index contributed by atoms with van der Waals surface area (Å²) in [4.78, 5) is 28.4. The summed E-state index contributed by atoms with van der Waals surface area (Å²) in [6.07, 6.45) is 4.44. The lowest BCUT2D eigenvalue weighted by molar-refractivity contribution is -0.139. The molecule has 0 radical (unpaired) electrons. The summed E-state index contributed by atoms with van der Waals surface area (Å²) in [7, 11) is 0. The quantitative estimate of drug-likeness (QED) is 0.499. The molecule has 0 N–H and O–H groups in total. The van der Waals surface area contributed by atoms with Crippen molar-refractivity contribution in [1.29, 1.82) is 0 Å². The second kappa shape index (κ2) is 7.72. The van der Waals surface area contributed by atoms with E-state index in [1.165, 1.54) is 22.6 Å². The zero-order valence-corrected chi connectivity index (χ0v) is 15.3. The smallest absolute Gasteiger partial charge is 0.331 e. The van der Waals surface area contributed by atoms with E-state index in [-0.39, 0.29) is 12.2 Å². The summed E-state index contributed by atoms with van der Waals surface area (Å²) in [6.45, 7) is 1.76. The maximum absolute atomic E-state index is 12.1. The van der Waals surface area contributed by atoms with Gasteiger partial charge in [-0.05, 0) is 42.3 Å². The molecule has 2 heterocycles. The van der Waals surface area contributed by atoms with Gasteiger partial charge in [-0.2, -0.15) is 0 Å². The number of aryl methyl sites for hydroxylation is 1. The van der Waals surface area contributed by atoms with Gasteiger partial charge in [0.1, 0.15) is 12.3 Å². The van der Waals surface area contributed by atoms with Crippen LogP contribution in [0.25, 0.3) is 11.7 Å². The van der Waals surface area contributed by atoms with Crippen LogP contribution < -0.4 is 5.56 Å². The molecule has 0 aliphatic carbocycles. The van der Waals surface area contributed by atoms with Crippen molar-refractivity contribution in [3.8, 4) is 0 Å². The molecule has 0 spiro atoms. The van der Waals surface area contributed by atoms with Gasteiger partial charge in [-0.3, -0.25) is 9.20 Å². The normalized spacial score (nSPS) is 11.2. The van der Waals surface area contributed by atoms with Gasteiger partial charge in [0.2, 0.25) is 0 Å². The number of carbonyl (C=O) groups excluding carboxylic acids is 1. The number of hydrogen-bond acceptors (Lipinski definition) is 4. The Balaban J connectivity index is 1.71. The Morgan fingerprint density at radius 2 is 2.08 bits per heavy atom. The zero-order valence-electron chi connectivity index (χ0n) is 13.8. The second-order valence-electron chi connectivity index (χ2n) is 5.58. The van der Waals surface area contributed by atoms with E-state index in [4.69, 9.17) is 27.9 Å². The van der Waals surface area contributed by atoms with Crippen LogP contribution in [0.4, 0.5) is 0 Å². The Hall–Kier alpha value is -2.63. The average molecular weight is 389 g/mol. The summed E-state index contributed by atoms with van der Waals surface area (Å²) in [5, 5.41) is 0.944. The number of ether oxygens (including phenoxy) is 1. The van der Waals surface area contributed by atoms with Gasteiger partial charge in [-0.1, -0.05) is 35.3 Å².